The average molecular weight is 428 g/mol. The van der Waals surface area contributed by atoms with Crippen molar-refractivity contribution in [3.05, 3.63) is 33.3 Å². The monoisotopic (exact) mass is 426 g/mol. The molecule has 0 aliphatic rings. The van der Waals surface area contributed by atoms with Gasteiger partial charge in [0.15, 0.2) is 0 Å². The Hall–Kier alpha value is -1.55. The number of hydrogen-bond donors (Lipinski definition) is 2. The smallest absolute Gasteiger partial charge is 0.405 e. The zero-order chi connectivity index (χ0) is 15.6. The van der Waals surface area contributed by atoms with E-state index in [0.29, 0.717) is 16.0 Å². The first-order valence-corrected chi connectivity index (χ1v) is 6.93. The van der Waals surface area contributed by atoms with Crippen LogP contribution >= 0.6 is 31.9 Å². The number of nitrogens with one attached hydrogen (secondary N) is 1. The van der Waals surface area contributed by atoms with Crippen LogP contribution in [-0.4, -0.2) is 16.3 Å². The van der Waals surface area contributed by atoms with Gasteiger partial charge in [0.1, 0.15) is 11.6 Å². The molecule has 112 valence electrons. The number of aromatic nitrogens is 2. The minimum atomic E-state index is -4.75. The van der Waals surface area contributed by atoms with Crippen LogP contribution in [0.3, 0.4) is 0 Å². The number of ether oxygens (including phenoxy) is 1. The zero-order valence-electron chi connectivity index (χ0n) is 10.1. The Balaban J connectivity index is 2.22. The molecule has 0 aliphatic carbocycles. The van der Waals surface area contributed by atoms with Gasteiger partial charge in [0.2, 0.25) is 5.95 Å². The number of hydrogen-bond acceptors (Lipinski definition) is 5. The van der Waals surface area contributed by atoms with Crippen molar-refractivity contribution in [2.75, 3.05) is 11.1 Å². The highest BCUT2D eigenvalue weighted by molar-refractivity contribution is 9.11. The molecular formula is C11H7Br2F3N4O. The molecule has 1 heterocycles. The predicted octanol–water partition coefficient (Wildman–Crippen LogP) is 4.23. The summed E-state index contributed by atoms with van der Waals surface area (Å²) in [6, 6.07) is 4.01. The van der Waals surface area contributed by atoms with Crippen LogP contribution in [0.15, 0.2) is 33.3 Å². The molecule has 0 radical (unpaired) electrons. The maximum Gasteiger partial charge on any atom is 0.573 e. The van der Waals surface area contributed by atoms with Crippen LogP contribution in [0.5, 0.6) is 5.75 Å². The van der Waals surface area contributed by atoms with Gasteiger partial charge in [-0.05, 0) is 50.1 Å². The highest BCUT2D eigenvalue weighted by Gasteiger charge is 2.31. The van der Waals surface area contributed by atoms with Crippen LogP contribution in [0.4, 0.5) is 30.6 Å². The Labute approximate surface area is 134 Å². The van der Waals surface area contributed by atoms with Crippen molar-refractivity contribution in [3.63, 3.8) is 0 Å². The van der Waals surface area contributed by atoms with Crippen molar-refractivity contribution in [2.45, 2.75) is 6.36 Å². The molecule has 0 unspecified atom stereocenters. The molecule has 2 rings (SSSR count). The van der Waals surface area contributed by atoms with Gasteiger partial charge in [0, 0.05) is 11.9 Å². The van der Waals surface area contributed by atoms with E-state index in [1.807, 2.05) is 0 Å². The Morgan fingerprint density at radius 3 is 2.52 bits per heavy atom. The van der Waals surface area contributed by atoms with Gasteiger partial charge in [-0.3, -0.25) is 0 Å². The molecule has 0 aliphatic heterocycles. The first-order chi connectivity index (χ1) is 9.74. The normalized spacial score (nSPS) is 11.3. The fraction of sp³-hybridized carbons (Fsp3) is 0.0909. The van der Waals surface area contributed by atoms with Crippen molar-refractivity contribution in [1.29, 1.82) is 0 Å². The van der Waals surface area contributed by atoms with Gasteiger partial charge in [0.05, 0.1) is 8.95 Å². The third kappa shape index (κ3) is 4.46. The van der Waals surface area contributed by atoms with Gasteiger partial charge < -0.3 is 15.8 Å². The maximum absolute atomic E-state index is 12.2. The predicted molar refractivity (Wildman–Crippen MR) is 78.3 cm³/mol. The molecule has 0 saturated heterocycles. The fourth-order valence-electron chi connectivity index (χ4n) is 1.39. The number of rotatable bonds is 3. The van der Waals surface area contributed by atoms with E-state index in [1.54, 1.807) is 0 Å². The van der Waals surface area contributed by atoms with E-state index in [1.165, 1.54) is 24.4 Å². The quantitative estimate of drug-likeness (QED) is 0.766. The minimum Gasteiger partial charge on any atom is -0.405 e. The van der Waals surface area contributed by atoms with Gasteiger partial charge in [0.25, 0.3) is 0 Å². The minimum absolute atomic E-state index is 0.0665. The number of alkyl halides is 3. The molecule has 0 saturated carbocycles. The summed E-state index contributed by atoms with van der Waals surface area (Å²) in [5.74, 6) is 0.116. The summed E-state index contributed by atoms with van der Waals surface area (Å²) in [4.78, 5) is 7.74. The molecule has 10 heteroatoms. The van der Waals surface area contributed by atoms with Crippen molar-refractivity contribution in [3.8, 4) is 5.75 Å². The molecule has 0 atom stereocenters. The Bertz CT molecular complexity index is 666. The van der Waals surface area contributed by atoms with E-state index in [2.05, 4.69) is 51.9 Å². The van der Waals surface area contributed by atoms with Crippen molar-refractivity contribution in [2.24, 2.45) is 0 Å². The molecular weight excluding hydrogens is 421 g/mol. The second kappa shape index (κ2) is 6.06. The van der Waals surface area contributed by atoms with Crippen LogP contribution in [0.25, 0.3) is 0 Å². The van der Waals surface area contributed by atoms with Crippen molar-refractivity contribution < 1.29 is 17.9 Å². The van der Waals surface area contributed by atoms with Gasteiger partial charge in [-0.25, -0.2) is 4.98 Å². The summed E-state index contributed by atoms with van der Waals surface area (Å²) in [5.41, 5.74) is 5.96. The summed E-state index contributed by atoms with van der Waals surface area (Å²) >= 11 is 6.24. The molecule has 3 N–H and O–H groups in total. The average Bonchev–Trinajstić information content (AvgIpc) is 2.36. The number of halogens is 5. The van der Waals surface area contributed by atoms with E-state index in [9.17, 15) is 13.2 Å². The fourth-order valence-corrected chi connectivity index (χ4v) is 2.14. The Morgan fingerprint density at radius 1 is 1.19 bits per heavy atom. The van der Waals surface area contributed by atoms with Gasteiger partial charge in [-0.1, -0.05) is 0 Å². The maximum atomic E-state index is 12.2. The Kier molecular flexibility index (Phi) is 4.57. The van der Waals surface area contributed by atoms with E-state index in [4.69, 9.17) is 5.73 Å². The van der Waals surface area contributed by atoms with Crippen LogP contribution in [0.2, 0.25) is 0 Å². The Morgan fingerprint density at radius 2 is 1.90 bits per heavy atom. The summed E-state index contributed by atoms with van der Waals surface area (Å²) in [6.07, 6.45) is -3.29. The highest BCUT2D eigenvalue weighted by Crippen LogP contribution is 2.33. The summed E-state index contributed by atoms with van der Waals surface area (Å²) in [7, 11) is 0. The number of benzene rings is 1. The highest BCUT2D eigenvalue weighted by atomic mass is 79.9. The molecule has 0 spiro atoms. The first kappa shape index (κ1) is 15.8. The second-order valence-electron chi connectivity index (χ2n) is 3.74. The van der Waals surface area contributed by atoms with E-state index in [-0.39, 0.29) is 16.2 Å². The van der Waals surface area contributed by atoms with E-state index in [0.717, 1.165) is 0 Å². The summed E-state index contributed by atoms with van der Waals surface area (Å²) in [5, 5.41) is 2.90. The number of anilines is 3. The molecule has 0 bridgehead atoms. The number of nitrogens with two attached hydrogens (primary N) is 1. The lowest BCUT2D eigenvalue weighted by Gasteiger charge is -2.12. The van der Waals surface area contributed by atoms with Gasteiger partial charge >= 0.3 is 6.36 Å². The standard InChI is InChI=1S/C11H7Br2F3N4O/c12-6-3-5(1-2-8(6)21-11(14,15)16)19-9-7(13)4-18-10(17)20-9/h1-4H,(H3,17,18,19,20). The van der Waals surface area contributed by atoms with Crippen molar-refractivity contribution in [1.82, 2.24) is 9.97 Å². The van der Waals surface area contributed by atoms with Crippen LogP contribution in [0, 0.1) is 0 Å². The zero-order valence-corrected chi connectivity index (χ0v) is 13.3. The first-order valence-electron chi connectivity index (χ1n) is 5.35. The van der Waals surface area contributed by atoms with Crippen LogP contribution in [0.1, 0.15) is 0 Å². The lowest BCUT2D eigenvalue weighted by molar-refractivity contribution is -0.274. The molecule has 21 heavy (non-hydrogen) atoms. The van der Waals surface area contributed by atoms with E-state index >= 15 is 0 Å². The molecule has 1 aromatic carbocycles. The van der Waals surface area contributed by atoms with E-state index < -0.39 is 6.36 Å². The molecule has 1 aromatic heterocycles. The van der Waals surface area contributed by atoms with Crippen LogP contribution < -0.4 is 15.8 Å². The molecule has 5 nitrogen and oxygen atoms in total. The summed E-state index contributed by atoms with van der Waals surface area (Å²) in [6.45, 7) is 0. The largest absolute Gasteiger partial charge is 0.573 e. The SMILES string of the molecule is Nc1ncc(Br)c(Nc2ccc(OC(F)(F)F)c(Br)c2)n1. The van der Waals surface area contributed by atoms with Gasteiger partial charge in [-0.15, -0.1) is 13.2 Å². The molecule has 2 aromatic rings. The molecule has 0 amide bonds. The van der Waals surface area contributed by atoms with Crippen molar-refractivity contribution >= 4 is 49.3 Å². The third-order valence-electron chi connectivity index (χ3n) is 2.18. The lowest BCUT2D eigenvalue weighted by atomic mass is 10.3. The van der Waals surface area contributed by atoms with Gasteiger partial charge in [-0.2, -0.15) is 4.98 Å². The second-order valence-corrected chi connectivity index (χ2v) is 5.45. The number of nitrogen functional groups attached to an aromatic ring is 1. The lowest BCUT2D eigenvalue weighted by Crippen LogP contribution is -2.17. The summed E-state index contributed by atoms with van der Waals surface area (Å²) < 4.78 is 41.1. The third-order valence-corrected chi connectivity index (χ3v) is 3.38. The number of nitrogens with zero attached hydrogens (tertiary/aromatic N) is 2. The topological polar surface area (TPSA) is 73.1 Å². The van der Waals surface area contributed by atoms with Crippen LogP contribution in [-0.2, 0) is 0 Å². The molecule has 0 fully saturated rings.